The molecule has 0 saturated heterocycles. The average molecular weight is 122 g/mol. The van der Waals surface area contributed by atoms with E-state index < -0.39 is 6.53 Å². The Morgan fingerprint density at radius 1 is 1.40 bits per heavy atom. The van der Waals surface area contributed by atoms with Gasteiger partial charge in [-0.15, -0.1) is 11.5 Å². The van der Waals surface area contributed by atoms with Gasteiger partial charge >= 0.3 is 44.3 Å². The fourth-order valence-electron chi connectivity index (χ4n) is 0. The van der Waals surface area contributed by atoms with Crippen molar-refractivity contribution in [1.82, 2.24) is 0 Å². The first kappa shape index (κ1) is 9.73. The van der Waals surface area contributed by atoms with Crippen molar-refractivity contribution >= 4 is 55.7 Å². The Morgan fingerprint density at radius 2 is 1.40 bits per heavy atom. The predicted octanol–water partition coefficient (Wildman–Crippen LogP) is -1.72. The van der Waals surface area contributed by atoms with Gasteiger partial charge in [-0.05, 0) is 0 Å². The normalized spacial score (nSPS) is 5.40. The van der Waals surface area contributed by atoms with Gasteiger partial charge < -0.3 is 10.0 Å². The molecule has 28 valence electrons. The van der Waals surface area contributed by atoms with Crippen molar-refractivity contribution in [1.29, 1.82) is 0 Å². The molecule has 0 unspecified atom stereocenters. The van der Waals surface area contributed by atoms with Gasteiger partial charge in [-0.25, -0.2) is 0 Å². The molecule has 0 amide bonds. The molecular weight excluding hydrogens is 118 g/mol. The standard InChI is InChI=1S/BClH2O2.Ca.2H/c2-1(3)4;;;/h3-4H;;;. The van der Waals surface area contributed by atoms with Crippen molar-refractivity contribution in [2.45, 2.75) is 0 Å². The Balaban J connectivity index is 0. The van der Waals surface area contributed by atoms with E-state index >= 15 is 0 Å². The van der Waals surface area contributed by atoms with E-state index in [1.54, 1.807) is 0 Å². The van der Waals surface area contributed by atoms with Gasteiger partial charge in [0, 0.05) is 0 Å². The third kappa shape index (κ3) is 29.4. The topological polar surface area (TPSA) is 40.5 Å². The van der Waals surface area contributed by atoms with E-state index in [-0.39, 0.29) is 37.7 Å². The van der Waals surface area contributed by atoms with E-state index in [0.717, 1.165) is 0 Å². The molecule has 0 aromatic heterocycles. The second-order valence-corrected chi connectivity index (χ2v) is 0.701. The Labute approximate surface area is 65.2 Å². The molecular formula is H4BCaClO2. The summed E-state index contributed by atoms with van der Waals surface area (Å²) in [7, 11) is 0. The van der Waals surface area contributed by atoms with Crippen LogP contribution in [-0.4, -0.2) is 54.3 Å². The zero-order chi connectivity index (χ0) is 3.58. The molecule has 2 N–H and O–H groups in total. The van der Waals surface area contributed by atoms with Crippen LogP contribution in [0.1, 0.15) is 0 Å². The summed E-state index contributed by atoms with van der Waals surface area (Å²) in [5.41, 5.74) is 0. The quantitative estimate of drug-likeness (QED) is 0.375. The van der Waals surface area contributed by atoms with Gasteiger partial charge in [0.25, 0.3) is 0 Å². The number of halogens is 1. The van der Waals surface area contributed by atoms with Gasteiger partial charge in [0.2, 0.25) is 0 Å². The van der Waals surface area contributed by atoms with Crippen molar-refractivity contribution in [3.8, 4) is 0 Å². The van der Waals surface area contributed by atoms with E-state index in [0.29, 0.717) is 0 Å². The Kier molecular flexibility index (Phi) is 10.8. The number of hydrogen-bond donors (Lipinski definition) is 2. The third-order valence-corrected chi connectivity index (χ3v) is 0. The van der Waals surface area contributed by atoms with Crippen LogP contribution < -0.4 is 0 Å². The number of rotatable bonds is 0. The van der Waals surface area contributed by atoms with E-state index in [2.05, 4.69) is 11.5 Å². The molecule has 0 aliphatic heterocycles. The van der Waals surface area contributed by atoms with Crippen LogP contribution in [0.5, 0.6) is 0 Å². The van der Waals surface area contributed by atoms with E-state index in [4.69, 9.17) is 10.0 Å². The molecule has 0 aliphatic carbocycles. The van der Waals surface area contributed by atoms with Crippen LogP contribution in [0.25, 0.3) is 0 Å². The fourth-order valence-corrected chi connectivity index (χ4v) is 0. The van der Waals surface area contributed by atoms with Crippen LogP contribution in [0.3, 0.4) is 0 Å². The predicted molar refractivity (Wildman–Crippen MR) is 24.6 cm³/mol. The van der Waals surface area contributed by atoms with Crippen molar-refractivity contribution in [2.75, 3.05) is 0 Å². The molecule has 0 aliphatic rings. The first-order valence-electron chi connectivity index (χ1n) is 0.735. The summed E-state index contributed by atoms with van der Waals surface area (Å²) in [6, 6.07) is 0. The summed E-state index contributed by atoms with van der Waals surface area (Å²) in [6.07, 6.45) is 0. The van der Waals surface area contributed by atoms with E-state index in [1.807, 2.05) is 0 Å². The molecule has 0 fully saturated rings. The third-order valence-electron chi connectivity index (χ3n) is 0. The minimum absolute atomic E-state index is 0. The Bertz CT molecular complexity index is 14.4. The molecule has 0 heterocycles. The van der Waals surface area contributed by atoms with Crippen LogP contribution >= 0.6 is 11.5 Å². The van der Waals surface area contributed by atoms with Crippen molar-refractivity contribution in [3.63, 3.8) is 0 Å². The zero-order valence-electron chi connectivity index (χ0n) is 1.85. The maximum absolute atomic E-state index is 7.38. The Hall–Kier alpha value is 1.53. The first-order chi connectivity index (χ1) is 1.73. The average Bonchev–Trinajstić information content (AvgIpc) is 0.811. The fraction of sp³-hybridized carbons (Fsp3) is 0. The second kappa shape index (κ2) is 5.53. The van der Waals surface area contributed by atoms with Crippen LogP contribution in [0.2, 0.25) is 0 Å². The van der Waals surface area contributed by atoms with E-state index in [1.165, 1.54) is 0 Å². The molecule has 0 radical (unpaired) electrons. The SMILES string of the molecule is OB(O)Cl.[CaH2]. The van der Waals surface area contributed by atoms with Gasteiger partial charge in [0.05, 0.1) is 0 Å². The van der Waals surface area contributed by atoms with Crippen LogP contribution in [0.4, 0.5) is 0 Å². The van der Waals surface area contributed by atoms with Crippen LogP contribution in [-0.2, 0) is 0 Å². The summed E-state index contributed by atoms with van der Waals surface area (Å²) in [5.74, 6) is 0. The second-order valence-electron chi connectivity index (χ2n) is 0.311. The zero-order valence-corrected chi connectivity index (χ0v) is 2.61. The monoisotopic (exact) mass is 122 g/mol. The Morgan fingerprint density at radius 3 is 1.40 bits per heavy atom. The van der Waals surface area contributed by atoms with Crippen molar-refractivity contribution in [2.24, 2.45) is 0 Å². The molecule has 2 nitrogen and oxygen atoms in total. The molecule has 0 atom stereocenters. The van der Waals surface area contributed by atoms with Crippen molar-refractivity contribution in [3.05, 3.63) is 0 Å². The summed E-state index contributed by atoms with van der Waals surface area (Å²) >= 11 is 4.39. The minimum atomic E-state index is -1.69. The molecule has 0 bridgehead atoms. The molecule has 0 saturated carbocycles. The van der Waals surface area contributed by atoms with Crippen LogP contribution in [0.15, 0.2) is 0 Å². The molecule has 0 spiro atoms. The summed E-state index contributed by atoms with van der Waals surface area (Å²) in [6.45, 7) is -1.69. The van der Waals surface area contributed by atoms with Gasteiger partial charge in [-0.1, -0.05) is 0 Å². The molecule has 0 rings (SSSR count). The van der Waals surface area contributed by atoms with Gasteiger partial charge in [0.1, 0.15) is 0 Å². The van der Waals surface area contributed by atoms with Crippen LogP contribution in [0, 0.1) is 0 Å². The summed E-state index contributed by atoms with van der Waals surface area (Å²) in [4.78, 5) is 0. The van der Waals surface area contributed by atoms with Gasteiger partial charge in [0.15, 0.2) is 0 Å². The number of hydrogen-bond acceptors (Lipinski definition) is 2. The van der Waals surface area contributed by atoms with Crippen molar-refractivity contribution < 1.29 is 10.0 Å². The first-order valence-corrected chi connectivity index (χ1v) is 1.17. The summed E-state index contributed by atoms with van der Waals surface area (Å²) < 4.78 is 0. The molecule has 5 heteroatoms. The molecule has 0 aromatic rings. The maximum atomic E-state index is 7.38. The summed E-state index contributed by atoms with van der Waals surface area (Å²) in [5, 5.41) is 14.8. The van der Waals surface area contributed by atoms with Gasteiger partial charge in [-0.3, -0.25) is 0 Å². The van der Waals surface area contributed by atoms with E-state index in [9.17, 15) is 0 Å². The molecule has 5 heavy (non-hydrogen) atoms. The van der Waals surface area contributed by atoms with Gasteiger partial charge in [-0.2, -0.15) is 0 Å². The molecule has 0 aromatic carbocycles.